The fourth-order valence-corrected chi connectivity index (χ4v) is 3.98. The summed E-state index contributed by atoms with van der Waals surface area (Å²) in [6.45, 7) is 8.18. The van der Waals surface area contributed by atoms with Gasteiger partial charge < -0.3 is 15.0 Å². The third-order valence-electron chi connectivity index (χ3n) is 5.55. The predicted octanol–water partition coefficient (Wildman–Crippen LogP) is 2.95. The first-order valence-corrected chi connectivity index (χ1v) is 10.1. The fourth-order valence-electron chi connectivity index (χ4n) is 3.98. The zero-order valence-electron chi connectivity index (χ0n) is 16.9. The number of hydrogen-bond acceptors (Lipinski definition) is 5. The highest BCUT2D eigenvalue weighted by atomic mass is 16.5. The molecule has 1 amide bonds. The Kier molecular flexibility index (Phi) is 5.06. The van der Waals surface area contributed by atoms with E-state index in [1.54, 1.807) is 0 Å². The van der Waals surface area contributed by atoms with Crippen molar-refractivity contribution in [3.05, 3.63) is 53.1 Å². The first-order valence-electron chi connectivity index (χ1n) is 10.1. The SMILES string of the molecule is Cc1ccc(OC(C)(C)C(=O)N2CCC[C@H]2c2ncc3c(n2)CCNC3)cc1. The zero-order valence-corrected chi connectivity index (χ0v) is 16.9. The quantitative estimate of drug-likeness (QED) is 0.883. The Balaban J connectivity index is 1.53. The molecule has 4 rings (SSSR count). The Labute approximate surface area is 166 Å². The van der Waals surface area contributed by atoms with Crippen LogP contribution in [0.5, 0.6) is 5.75 Å². The van der Waals surface area contributed by atoms with Crippen LogP contribution >= 0.6 is 0 Å². The first kappa shape index (κ1) is 18.9. The van der Waals surface area contributed by atoms with Gasteiger partial charge in [-0.2, -0.15) is 0 Å². The van der Waals surface area contributed by atoms with Crippen LogP contribution in [0.1, 0.15) is 55.4 Å². The normalized spacial score (nSPS) is 19.4. The number of carbonyl (C=O) groups excluding carboxylic acids is 1. The minimum atomic E-state index is -0.948. The standard InChI is InChI=1S/C22H28N4O2/c1-15-6-8-17(9-7-15)28-22(2,3)21(27)26-12-4-5-19(26)20-24-14-16-13-23-11-10-18(16)25-20/h6-9,14,19,23H,4-5,10-13H2,1-3H3/t19-/m0/s1. The van der Waals surface area contributed by atoms with Crippen molar-refractivity contribution in [2.45, 2.75) is 58.2 Å². The number of rotatable bonds is 4. The average molecular weight is 380 g/mol. The second kappa shape index (κ2) is 7.51. The van der Waals surface area contributed by atoms with Gasteiger partial charge in [0.25, 0.3) is 5.91 Å². The lowest BCUT2D eigenvalue weighted by atomic mass is 10.1. The fraction of sp³-hybridized carbons (Fsp3) is 0.500. The molecule has 148 valence electrons. The van der Waals surface area contributed by atoms with Crippen molar-refractivity contribution in [1.29, 1.82) is 0 Å². The number of likely N-dealkylation sites (tertiary alicyclic amines) is 1. The molecule has 2 aliphatic rings. The van der Waals surface area contributed by atoms with Gasteiger partial charge in [0, 0.05) is 43.5 Å². The third-order valence-corrected chi connectivity index (χ3v) is 5.55. The maximum atomic E-state index is 13.3. The summed E-state index contributed by atoms with van der Waals surface area (Å²) in [7, 11) is 0. The smallest absolute Gasteiger partial charge is 0.266 e. The molecule has 28 heavy (non-hydrogen) atoms. The summed E-state index contributed by atoms with van der Waals surface area (Å²) in [5.41, 5.74) is 2.48. The number of carbonyl (C=O) groups is 1. The van der Waals surface area contributed by atoms with Crippen LogP contribution < -0.4 is 10.1 Å². The van der Waals surface area contributed by atoms with E-state index in [0.717, 1.165) is 55.0 Å². The van der Waals surface area contributed by atoms with Gasteiger partial charge in [-0.15, -0.1) is 0 Å². The number of hydrogen-bond donors (Lipinski definition) is 1. The molecular formula is C22H28N4O2. The molecule has 1 aromatic heterocycles. The molecule has 1 atom stereocenters. The Morgan fingerprint density at radius 3 is 2.86 bits per heavy atom. The van der Waals surface area contributed by atoms with Crippen LogP contribution in [-0.4, -0.2) is 39.5 Å². The molecule has 0 saturated carbocycles. The van der Waals surface area contributed by atoms with Gasteiger partial charge in [-0.05, 0) is 45.7 Å². The monoisotopic (exact) mass is 380 g/mol. The summed E-state index contributed by atoms with van der Waals surface area (Å²) in [4.78, 5) is 24.7. The summed E-state index contributed by atoms with van der Waals surface area (Å²) >= 11 is 0. The van der Waals surface area contributed by atoms with Gasteiger partial charge in [0.2, 0.25) is 0 Å². The molecule has 3 heterocycles. The Morgan fingerprint density at radius 1 is 1.29 bits per heavy atom. The molecule has 0 radical (unpaired) electrons. The Morgan fingerprint density at radius 2 is 2.07 bits per heavy atom. The highest BCUT2D eigenvalue weighted by molar-refractivity contribution is 5.85. The van der Waals surface area contributed by atoms with Gasteiger partial charge in [-0.3, -0.25) is 4.79 Å². The molecule has 1 aromatic carbocycles. The van der Waals surface area contributed by atoms with Crippen molar-refractivity contribution < 1.29 is 9.53 Å². The minimum absolute atomic E-state index is 0.0152. The van der Waals surface area contributed by atoms with Gasteiger partial charge in [-0.1, -0.05) is 17.7 Å². The minimum Gasteiger partial charge on any atom is -0.478 e. The van der Waals surface area contributed by atoms with E-state index in [1.807, 2.05) is 56.1 Å². The number of nitrogens with one attached hydrogen (secondary N) is 1. The summed E-state index contributed by atoms with van der Waals surface area (Å²) in [6.07, 6.45) is 4.68. The topological polar surface area (TPSA) is 67.3 Å². The maximum absolute atomic E-state index is 13.3. The van der Waals surface area contributed by atoms with Crippen LogP contribution in [0.25, 0.3) is 0 Å². The highest BCUT2D eigenvalue weighted by Gasteiger charge is 2.41. The van der Waals surface area contributed by atoms with E-state index in [2.05, 4.69) is 10.3 Å². The van der Waals surface area contributed by atoms with Crippen molar-refractivity contribution in [2.24, 2.45) is 0 Å². The molecule has 6 nitrogen and oxygen atoms in total. The number of aryl methyl sites for hydroxylation is 1. The number of amides is 1. The van der Waals surface area contributed by atoms with E-state index in [9.17, 15) is 4.79 Å². The number of nitrogens with zero attached hydrogens (tertiary/aromatic N) is 3. The van der Waals surface area contributed by atoms with Crippen LogP contribution in [0.3, 0.4) is 0 Å². The molecule has 1 saturated heterocycles. The van der Waals surface area contributed by atoms with E-state index >= 15 is 0 Å². The molecule has 2 aromatic rings. The largest absolute Gasteiger partial charge is 0.478 e. The number of fused-ring (bicyclic) bond motifs is 1. The number of aromatic nitrogens is 2. The van der Waals surface area contributed by atoms with Crippen molar-refractivity contribution in [3.8, 4) is 5.75 Å². The number of ether oxygens (including phenoxy) is 1. The lowest BCUT2D eigenvalue weighted by Crippen LogP contribution is -2.48. The zero-order chi connectivity index (χ0) is 19.7. The molecule has 2 aliphatic heterocycles. The van der Waals surface area contributed by atoms with Crippen LogP contribution in [0.4, 0.5) is 0 Å². The molecule has 1 fully saturated rings. The lowest BCUT2D eigenvalue weighted by Gasteiger charge is -2.33. The van der Waals surface area contributed by atoms with E-state index in [0.29, 0.717) is 12.3 Å². The molecule has 0 spiro atoms. The molecule has 1 N–H and O–H groups in total. The average Bonchev–Trinajstić information content (AvgIpc) is 3.18. The van der Waals surface area contributed by atoms with E-state index in [1.165, 1.54) is 0 Å². The third kappa shape index (κ3) is 3.74. The number of benzene rings is 1. The van der Waals surface area contributed by atoms with E-state index in [-0.39, 0.29) is 11.9 Å². The molecule has 0 unspecified atom stereocenters. The Bertz CT molecular complexity index is 863. The Hall–Kier alpha value is -2.47. The van der Waals surface area contributed by atoms with Gasteiger partial charge >= 0.3 is 0 Å². The van der Waals surface area contributed by atoms with Crippen molar-refractivity contribution >= 4 is 5.91 Å². The summed E-state index contributed by atoms with van der Waals surface area (Å²) in [6, 6.07) is 7.72. The van der Waals surface area contributed by atoms with Crippen molar-refractivity contribution in [2.75, 3.05) is 13.1 Å². The van der Waals surface area contributed by atoms with E-state index < -0.39 is 5.60 Å². The van der Waals surface area contributed by atoms with Crippen LogP contribution in [0.2, 0.25) is 0 Å². The van der Waals surface area contributed by atoms with Crippen molar-refractivity contribution in [3.63, 3.8) is 0 Å². The predicted molar refractivity (Wildman–Crippen MR) is 107 cm³/mol. The van der Waals surface area contributed by atoms with Gasteiger partial charge in [0.15, 0.2) is 11.4 Å². The summed E-state index contributed by atoms with van der Waals surface area (Å²) in [5, 5.41) is 3.34. The van der Waals surface area contributed by atoms with Crippen LogP contribution in [0.15, 0.2) is 30.5 Å². The summed E-state index contributed by atoms with van der Waals surface area (Å²) < 4.78 is 6.07. The highest BCUT2D eigenvalue weighted by Crippen LogP contribution is 2.33. The van der Waals surface area contributed by atoms with Gasteiger partial charge in [0.1, 0.15) is 5.75 Å². The van der Waals surface area contributed by atoms with E-state index in [4.69, 9.17) is 9.72 Å². The second-order valence-electron chi connectivity index (χ2n) is 8.21. The molecular weight excluding hydrogens is 352 g/mol. The second-order valence-corrected chi connectivity index (χ2v) is 8.21. The first-order chi connectivity index (χ1) is 13.4. The summed E-state index contributed by atoms with van der Waals surface area (Å²) in [5.74, 6) is 1.45. The van der Waals surface area contributed by atoms with Crippen LogP contribution in [0, 0.1) is 6.92 Å². The molecule has 0 aliphatic carbocycles. The van der Waals surface area contributed by atoms with Crippen molar-refractivity contribution in [1.82, 2.24) is 20.2 Å². The molecule has 6 heteroatoms. The lowest BCUT2D eigenvalue weighted by molar-refractivity contribution is -0.146. The van der Waals surface area contributed by atoms with Gasteiger partial charge in [-0.25, -0.2) is 9.97 Å². The van der Waals surface area contributed by atoms with Gasteiger partial charge in [0.05, 0.1) is 6.04 Å². The van der Waals surface area contributed by atoms with Crippen LogP contribution in [-0.2, 0) is 17.8 Å². The maximum Gasteiger partial charge on any atom is 0.266 e. The molecule has 0 bridgehead atoms.